The third-order valence-electron chi connectivity index (χ3n) is 2.91. The van der Waals surface area contributed by atoms with Crippen LogP contribution in [0.1, 0.15) is 20.8 Å². The van der Waals surface area contributed by atoms with E-state index < -0.39 is 0 Å². The fraction of sp³-hybridized carbons (Fsp3) is 0.667. The number of hydrogen-bond acceptors (Lipinski definition) is 1. The minimum atomic E-state index is 0.620. The van der Waals surface area contributed by atoms with Gasteiger partial charge in [0.2, 0.25) is 0 Å². The summed E-state index contributed by atoms with van der Waals surface area (Å²) in [5, 5.41) is 0. The highest BCUT2D eigenvalue weighted by molar-refractivity contribution is 6.92. The molecule has 1 unspecified atom stereocenters. The molecule has 1 aliphatic heterocycles. The smallest absolute Gasteiger partial charge is 0.198 e. The molecule has 12 heavy (non-hydrogen) atoms. The van der Waals surface area contributed by atoms with Gasteiger partial charge in [0.05, 0.1) is 0 Å². The van der Waals surface area contributed by atoms with Crippen molar-refractivity contribution < 1.29 is 0 Å². The van der Waals surface area contributed by atoms with Crippen LogP contribution < -0.4 is 0 Å². The monoisotopic (exact) mass is 161 g/mol. The molecule has 0 saturated heterocycles. The average molecular weight is 161 g/mol. The second kappa shape index (κ2) is 3.51. The molecule has 3 heteroatoms. The van der Waals surface area contributed by atoms with Crippen LogP contribution in [-0.4, -0.2) is 20.2 Å². The van der Waals surface area contributed by atoms with Crippen LogP contribution in [0.4, 0.5) is 0 Å². The zero-order chi connectivity index (χ0) is 9.30. The van der Waals surface area contributed by atoms with Gasteiger partial charge < -0.3 is 0 Å². The van der Waals surface area contributed by atoms with E-state index in [1.54, 1.807) is 0 Å². The van der Waals surface area contributed by atoms with Crippen LogP contribution in [0.3, 0.4) is 0 Å². The normalized spacial score (nSPS) is 24.1. The van der Waals surface area contributed by atoms with Gasteiger partial charge in [-0.2, -0.15) is 0 Å². The molecular formula is C9H17B2N. The Morgan fingerprint density at radius 3 is 2.58 bits per heavy atom. The lowest BCUT2D eigenvalue weighted by atomic mass is 9.34. The van der Waals surface area contributed by atoms with Gasteiger partial charge in [-0.1, -0.05) is 26.1 Å². The number of allylic oxidation sites excluding steroid dienone is 1. The van der Waals surface area contributed by atoms with Crippen LogP contribution in [0.5, 0.6) is 0 Å². The summed E-state index contributed by atoms with van der Waals surface area (Å²) in [4.78, 5) is 4.38. The van der Waals surface area contributed by atoms with E-state index in [-0.39, 0.29) is 0 Å². The molecule has 1 rings (SSSR count). The molecule has 0 N–H and O–H groups in total. The number of hydrogen-bond donors (Lipinski definition) is 0. The average Bonchev–Trinajstić information content (AvgIpc) is 1.97. The predicted octanol–water partition coefficient (Wildman–Crippen LogP) is 1.63. The summed E-state index contributed by atoms with van der Waals surface area (Å²) in [6.07, 6.45) is 2.03. The predicted molar refractivity (Wildman–Crippen MR) is 59.9 cm³/mol. The fourth-order valence-electron chi connectivity index (χ4n) is 2.16. The molecule has 0 bridgehead atoms. The molecule has 0 amide bonds. The number of rotatable bonds is 1. The highest BCUT2D eigenvalue weighted by atomic mass is 14.7. The number of nitrogens with zero attached hydrogens (tertiary/aromatic N) is 1. The van der Waals surface area contributed by atoms with Crippen LogP contribution >= 0.6 is 0 Å². The van der Waals surface area contributed by atoms with Gasteiger partial charge in [0.15, 0.2) is 6.71 Å². The Kier molecular flexibility index (Phi) is 2.81. The highest BCUT2D eigenvalue weighted by Gasteiger charge is 2.29. The Bertz CT molecular complexity index is 231. The molecule has 0 aromatic rings. The van der Waals surface area contributed by atoms with Crippen LogP contribution in [-0.2, 0) is 0 Å². The van der Waals surface area contributed by atoms with E-state index in [0.29, 0.717) is 12.5 Å². The van der Waals surface area contributed by atoms with Crippen LogP contribution in [0.2, 0.25) is 12.6 Å². The van der Waals surface area contributed by atoms with Crippen molar-refractivity contribution in [2.75, 3.05) is 0 Å². The van der Waals surface area contributed by atoms with Gasteiger partial charge >= 0.3 is 0 Å². The van der Waals surface area contributed by atoms with Gasteiger partial charge in [0.25, 0.3) is 0 Å². The maximum absolute atomic E-state index is 4.38. The quantitative estimate of drug-likeness (QED) is 0.518. The van der Waals surface area contributed by atoms with E-state index in [4.69, 9.17) is 0 Å². The van der Waals surface area contributed by atoms with Crippen LogP contribution in [0.15, 0.2) is 16.7 Å². The van der Waals surface area contributed by atoms with Crippen molar-refractivity contribution in [2.45, 2.75) is 33.4 Å². The summed E-state index contributed by atoms with van der Waals surface area (Å²) in [6, 6.07) is 0. The van der Waals surface area contributed by atoms with Crippen molar-refractivity contribution in [3.63, 3.8) is 0 Å². The Labute approximate surface area is 76.8 Å². The van der Waals surface area contributed by atoms with Gasteiger partial charge in [0, 0.05) is 6.20 Å². The van der Waals surface area contributed by atoms with Crippen molar-refractivity contribution in [3.8, 4) is 0 Å². The molecule has 0 aromatic carbocycles. The second-order valence-corrected chi connectivity index (χ2v) is 4.20. The van der Waals surface area contributed by atoms with Crippen molar-refractivity contribution in [3.05, 3.63) is 11.7 Å². The molecule has 0 fully saturated rings. The Morgan fingerprint density at radius 1 is 1.58 bits per heavy atom. The topological polar surface area (TPSA) is 12.4 Å². The highest BCUT2D eigenvalue weighted by Crippen LogP contribution is 2.31. The summed E-state index contributed by atoms with van der Waals surface area (Å²) in [5.74, 6) is 1.42. The molecule has 1 nitrogen and oxygen atoms in total. The Hall–Kier alpha value is -0.460. The SMILES string of the molecule is BC1=CN=C(C)B(C)C1C(C)C. The lowest BCUT2D eigenvalue weighted by Crippen LogP contribution is -2.32. The fourth-order valence-corrected chi connectivity index (χ4v) is 2.16. The first-order chi connectivity index (χ1) is 5.54. The van der Waals surface area contributed by atoms with Crippen LogP contribution in [0.25, 0.3) is 0 Å². The Balaban J connectivity index is 2.89. The minimum Gasteiger partial charge on any atom is -0.277 e. The second-order valence-electron chi connectivity index (χ2n) is 4.20. The maximum atomic E-state index is 4.38. The van der Waals surface area contributed by atoms with E-state index in [1.165, 1.54) is 11.1 Å². The summed E-state index contributed by atoms with van der Waals surface area (Å²) in [7, 11) is 2.19. The standard InChI is InChI=1S/C9H17B2N/c1-6(2)9-8(10)5-12-7(3)11(9)4/h5-6,9H,10H2,1-4H3. The largest absolute Gasteiger partial charge is 0.277 e. The first kappa shape index (κ1) is 9.63. The van der Waals surface area contributed by atoms with Crippen molar-refractivity contribution >= 4 is 20.2 Å². The lowest BCUT2D eigenvalue weighted by Gasteiger charge is -2.29. The molecule has 1 atom stereocenters. The first-order valence-electron chi connectivity index (χ1n) is 4.75. The lowest BCUT2D eigenvalue weighted by molar-refractivity contribution is 0.645. The van der Waals surface area contributed by atoms with E-state index >= 15 is 0 Å². The van der Waals surface area contributed by atoms with Gasteiger partial charge in [-0.25, -0.2) is 0 Å². The molecule has 1 aliphatic rings. The first-order valence-corrected chi connectivity index (χ1v) is 4.75. The summed E-state index contributed by atoms with van der Waals surface area (Å²) in [6.45, 7) is 9.60. The van der Waals surface area contributed by atoms with E-state index in [9.17, 15) is 0 Å². The summed E-state index contributed by atoms with van der Waals surface area (Å²) >= 11 is 0. The molecule has 64 valence electrons. The van der Waals surface area contributed by atoms with E-state index in [2.05, 4.69) is 40.4 Å². The third kappa shape index (κ3) is 1.65. The van der Waals surface area contributed by atoms with Crippen molar-refractivity contribution in [1.82, 2.24) is 0 Å². The molecule has 0 aliphatic carbocycles. The molecule has 0 radical (unpaired) electrons. The molecule has 0 saturated carbocycles. The Morgan fingerprint density at radius 2 is 2.17 bits per heavy atom. The van der Waals surface area contributed by atoms with Gasteiger partial charge in [0.1, 0.15) is 7.85 Å². The molecule has 0 aromatic heterocycles. The van der Waals surface area contributed by atoms with Gasteiger partial charge in [-0.3, -0.25) is 4.99 Å². The summed E-state index contributed by atoms with van der Waals surface area (Å²) < 4.78 is 0. The zero-order valence-electron chi connectivity index (χ0n) is 8.76. The molecular weight excluding hydrogens is 144 g/mol. The van der Waals surface area contributed by atoms with Gasteiger partial charge in [-0.15, -0.1) is 0 Å². The maximum Gasteiger partial charge on any atom is 0.198 e. The van der Waals surface area contributed by atoms with Gasteiger partial charge in [-0.05, 0) is 24.3 Å². The zero-order valence-corrected chi connectivity index (χ0v) is 8.76. The third-order valence-corrected chi connectivity index (χ3v) is 2.91. The minimum absolute atomic E-state index is 0.620. The molecule has 0 spiro atoms. The molecule has 1 heterocycles. The van der Waals surface area contributed by atoms with E-state index in [0.717, 1.165) is 5.92 Å². The summed E-state index contributed by atoms with van der Waals surface area (Å²) in [5.41, 5.74) is 2.71. The van der Waals surface area contributed by atoms with Crippen molar-refractivity contribution in [2.24, 2.45) is 10.9 Å². The van der Waals surface area contributed by atoms with Crippen molar-refractivity contribution in [1.29, 1.82) is 0 Å². The van der Waals surface area contributed by atoms with Crippen LogP contribution in [0, 0.1) is 5.92 Å². The van der Waals surface area contributed by atoms with E-state index in [1.807, 2.05) is 6.20 Å². The number of aliphatic imine (C=N–C) groups is 1.